The molecule has 3 aliphatic heterocycles. The number of benzene rings is 1. The maximum Gasteiger partial charge on any atom is 0.258 e. The molecule has 5 heterocycles. The molecule has 3 aliphatic rings. The van der Waals surface area contributed by atoms with Gasteiger partial charge in [-0.25, -0.2) is 23.1 Å². The number of hydrogen-bond donors (Lipinski definition) is 0. The quantitative estimate of drug-likeness (QED) is 0.287. The highest BCUT2D eigenvalue weighted by Gasteiger charge is 2.31. The summed E-state index contributed by atoms with van der Waals surface area (Å²) in [4.78, 5) is 34.5. The van der Waals surface area contributed by atoms with Gasteiger partial charge in [-0.15, -0.1) is 0 Å². The smallest absolute Gasteiger partial charge is 0.258 e. The van der Waals surface area contributed by atoms with Crippen molar-refractivity contribution in [3.05, 3.63) is 65.6 Å². The van der Waals surface area contributed by atoms with Crippen LogP contribution in [0.25, 0.3) is 0 Å². The van der Waals surface area contributed by atoms with Gasteiger partial charge in [-0.2, -0.15) is 0 Å². The number of fused-ring (bicyclic) bond motifs is 1. The Balaban J connectivity index is 1.12. The summed E-state index contributed by atoms with van der Waals surface area (Å²) in [5.41, 5.74) is 2.16. The zero-order valence-electron chi connectivity index (χ0n) is 27.1. The third-order valence-corrected chi connectivity index (χ3v) is 9.11. The molecule has 2 saturated heterocycles. The minimum Gasteiger partial charge on any atom is -0.490 e. The summed E-state index contributed by atoms with van der Waals surface area (Å²) >= 11 is 0. The van der Waals surface area contributed by atoms with Crippen LogP contribution in [0.3, 0.4) is 0 Å². The van der Waals surface area contributed by atoms with Crippen LogP contribution in [0.2, 0.25) is 0 Å². The fraction of sp³-hybridized carbons (Fsp3) is 0.529. The number of pyridine rings is 1. The van der Waals surface area contributed by atoms with E-state index in [1.54, 1.807) is 13.8 Å². The average Bonchev–Trinajstić information content (AvgIpc) is 3.04. The molecule has 47 heavy (non-hydrogen) atoms. The van der Waals surface area contributed by atoms with Gasteiger partial charge < -0.3 is 24.2 Å². The molecule has 1 amide bonds. The summed E-state index contributed by atoms with van der Waals surface area (Å²) in [6.07, 6.45) is 4.43. The Morgan fingerprint density at radius 3 is 2.57 bits per heavy atom. The van der Waals surface area contributed by atoms with Gasteiger partial charge in [0.15, 0.2) is 11.6 Å². The maximum atomic E-state index is 14.3. The van der Waals surface area contributed by atoms with E-state index in [2.05, 4.69) is 36.7 Å². The average molecular weight is 654 g/mol. The SMILES string of the molecule is CC(C)N(CC(F)F)C(=O)c1cc(F)ccc1Oc1cncnc1N1CCC(Oc2ccnc3c2CN(CC2CN(C)C2)CC3)CC1. The number of carbonyl (C=O) groups excluding carboxylic acids is 1. The first-order valence-corrected chi connectivity index (χ1v) is 16.3. The number of piperidine rings is 1. The molecule has 2 fully saturated rings. The monoisotopic (exact) mass is 653 g/mol. The standard InChI is InChI=1S/C34H42F3N7O3/c1-22(2)44(20-32(36)37)34(45)26-14-24(35)4-5-29(26)47-31-15-38-21-40-33(31)43-12-7-25(8-13-43)46-30-6-10-39-28-9-11-42(19-27(28)30)18-23-16-41(3)17-23/h4-6,10,14-15,21-23,25,32H,7-9,11-13,16-20H2,1-3H3. The number of carbonyl (C=O) groups is 1. The molecule has 252 valence electrons. The summed E-state index contributed by atoms with van der Waals surface area (Å²) in [6.45, 7) is 9.02. The maximum absolute atomic E-state index is 14.3. The van der Waals surface area contributed by atoms with E-state index in [1.807, 2.05) is 12.3 Å². The highest BCUT2D eigenvalue weighted by molar-refractivity contribution is 5.97. The summed E-state index contributed by atoms with van der Waals surface area (Å²) in [7, 11) is 2.16. The lowest BCUT2D eigenvalue weighted by Crippen LogP contribution is -2.50. The van der Waals surface area contributed by atoms with E-state index in [0.29, 0.717) is 18.9 Å². The molecule has 2 aromatic heterocycles. The van der Waals surface area contributed by atoms with Crippen LogP contribution in [0.15, 0.2) is 43.0 Å². The third-order valence-electron chi connectivity index (χ3n) is 9.11. The molecule has 0 unspecified atom stereocenters. The van der Waals surface area contributed by atoms with Crippen LogP contribution in [-0.4, -0.2) is 107 Å². The number of alkyl halides is 2. The van der Waals surface area contributed by atoms with E-state index in [0.717, 1.165) is 86.4 Å². The molecule has 0 N–H and O–H groups in total. The predicted octanol–water partition coefficient (Wildman–Crippen LogP) is 4.89. The molecule has 0 bridgehead atoms. The van der Waals surface area contributed by atoms with Crippen molar-refractivity contribution in [2.75, 3.05) is 57.8 Å². The minimum atomic E-state index is -2.74. The number of anilines is 1. The van der Waals surface area contributed by atoms with Gasteiger partial charge >= 0.3 is 0 Å². The van der Waals surface area contributed by atoms with E-state index < -0.39 is 30.7 Å². The van der Waals surface area contributed by atoms with Crippen molar-refractivity contribution in [3.63, 3.8) is 0 Å². The van der Waals surface area contributed by atoms with Crippen LogP contribution in [0.4, 0.5) is 19.0 Å². The molecule has 0 radical (unpaired) electrons. The highest BCUT2D eigenvalue weighted by atomic mass is 19.3. The number of aromatic nitrogens is 3. The lowest BCUT2D eigenvalue weighted by atomic mass is 9.98. The second-order valence-electron chi connectivity index (χ2n) is 13.0. The molecule has 6 rings (SSSR count). The van der Waals surface area contributed by atoms with Crippen molar-refractivity contribution in [2.45, 2.75) is 58.2 Å². The van der Waals surface area contributed by atoms with Gasteiger partial charge in [0.1, 0.15) is 29.7 Å². The number of halogens is 3. The second kappa shape index (κ2) is 14.4. The van der Waals surface area contributed by atoms with E-state index in [-0.39, 0.29) is 23.2 Å². The van der Waals surface area contributed by atoms with E-state index in [1.165, 1.54) is 24.2 Å². The van der Waals surface area contributed by atoms with Crippen molar-refractivity contribution in [1.82, 2.24) is 29.7 Å². The summed E-state index contributed by atoms with van der Waals surface area (Å²) in [5, 5.41) is 0. The lowest BCUT2D eigenvalue weighted by molar-refractivity contribution is 0.0473. The number of hydrogen-bond acceptors (Lipinski definition) is 9. The molecule has 1 aromatic carbocycles. The predicted molar refractivity (Wildman–Crippen MR) is 171 cm³/mol. The summed E-state index contributed by atoms with van der Waals surface area (Å²) in [6, 6.07) is 4.94. The number of nitrogens with zero attached hydrogens (tertiary/aromatic N) is 7. The van der Waals surface area contributed by atoms with Crippen molar-refractivity contribution >= 4 is 11.7 Å². The van der Waals surface area contributed by atoms with Gasteiger partial charge in [0.25, 0.3) is 12.3 Å². The Hall–Kier alpha value is -3.97. The molecule has 10 nitrogen and oxygen atoms in total. The second-order valence-corrected chi connectivity index (χ2v) is 13.0. The van der Waals surface area contributed by atoms with Gasteiger partial charge in [0, 0.05) is 88.6 Å². The Morgan fingerprint density at radius 2 is 1.85 bits per heavy atom. The fourth-order valence-electron chi connectivity index (χ4n) is 6.74. The van der Waals surface area contributed by atoms with Crippen LogP contribution in [-0.2, 0) is 13.0 Å². The largest absolute Gasteiger partial charge is 0.490 e. The highest BCUT2D eigenvalue weighted by Crippen LogP contribution is 2.35. The van der Waals surface area contributed by atoms with Crippen molar-refractivity contribution in [3.8, 4) is 17.2 Å². The molecule has 0 spiro atoms. The first-order chi connectivity index (χ1) is 22.6. The summed E-state index contributed by atoms with van der Waals surface area (Å²) < 4.78 is 53.6. The molecule has 0 aliphatic carbocycles. The first kappa shape index (κ1) is 33.0. The number of rotatable bonds is 11. The molecular weight excluding hydrogens is 611 g/mol. The van der Waals surface area contributed by atoms with Crippen molar-refractivity contribution in [2.24, 2.45) is 5.92 Å². The first-order valence-electron chi connectivity index (χ1n) is 16.3. The Labute approximate surface area is 273 Å². The normalized spacial score (nSPS) is 17.9. The molecule has 3 aromatic rings. The van der Waals surface area contributed by atoms with Crippen LogP contribution in [0.5, 0.6) is 17.2 Å². The molecule has 13 heteroatoms. The van der Waals surface area contributed by atoms with Crippen molar-refractivity contribution in [1.29, 1.82) is 0 Å². The van der Waals surface area contributed by atoms with Crippen LogP contribution in [0.1, 0.15) is 48.3 Å². The van der Waals surface area contributed by atoms with Crippen LogP contribution >= 0.6 is 0 Å². The lowest BCUT2D eigenvalue weighted by Gasteiger charge is -2.40. The van der Waals surface area contributed by atoms with Crippen LogP contribution in [0, 0.1) is 11.7 Å². The van der Waals surface area contributed by atoms with E-state index >= 15 is 0 Å². The third kappa shape index (κ3) is 7.78. The Morgan fingerprint density at radius 1 is 1.06 bits per heavy atom. The molecule has 0 saturated carbocycles. The van der Waals surface area contributed by atoms with Crippen LogP contribution < -0.4 is 14.4 Å². The fourth-order valence-corrected chi connectivity index (χ4v) is 6.74. The van der Waals surface area contributed by atoms with Gasteiger partial charge in [-0.1, -0.05) is 0 Å². The minimum absolute atomic E-state index is 0.0118. The van der Waals surface area contributed by atoms with Gasteiger partial charge in [-0.05, 0) is 51.1 Å². The zero-order chi connectivity index (χ0) is 33.1. The Bertz CT molecular complexity index is 1550. The molecule has 0 atom stereocenters. The van der Waals surface area contributed by atoms with Gasteiger partial charge in [0.2, 0.25) is 0 Å². The Kier molecular flexibility index (Phi) is 10.1. The number of amides is 1. The molecular formula is C34H42F3N7O3. The van der Waals surface area contributed by atoms with Gasteiger partial charge in [-0.3, -0.25) is 14.7 Å². The van der Waals surface area contributed by atoms with Gasteiger partial charge in [0.05, 0.1) is 18.3 Å². The topological polar surface area (TPSA) is 87.2 Å². The van der Waals surface area contributed by atoms with Crippen molar-refractivity contribution < 1.29 is 27.4 Å². The zero-order valence-corrected chi connectivity index (χ0v) is 27.1. The summed E-state index contributed by atoms with van der Waals surface area (Å²) in [5.74, 6) is 1.03. The number of ether oxygens (including phenoxy) is 2. The number of likely N-dealkylation sites (tertiary alicyclic amines) is 1. The van der Waals surface area contributed by atoms with E-state index in [4.69, 9.17) is 9.47 Å². The van der Waals surface area contributed by atoms with E-state index in [9.17, 15) is 18.0 Å².